The average Bonchev–Trinajstić information content (AvgIpc) is 2.22. The lowest BCUT2D eigenvalue weighted by Gasteiger charge is -2.07. The van der Waals surface area contributed by atoms with Crippen LogP contribution < -0.4 is 11.4 Å². The van der Waals surface area contributed by atoms with Crippen molar-refractivity contribution in [3.63, 3.8) is 0 Å². The molecule has 0 aliphatic rings. The van der Waals surface area contributed by atoms with E-state index in [1.165, 1.54) is 6.20 Å². The van der Waals surface area contributed by atoms with Gasteiger partial charge >= 0.3 is 11.7 Å². The van der Waals surface area contributed by atoms with Gasteiger partial charge in [0.25, 0.3) is 0 Å². The number of carbonyl (C=O) groups excluding carboxylic acids is 1. The van der Waals surface area contributed by atoms with E-state index in [9.17, 15) is 9.59 Å². The molecule has 7 nitrogen and oxygen atoms in total. The maximum absolute atomic E-state index is 11.3. The minimum atomic E-state index is -0.650. The summed E-state index contributed by atoms with van der Waals surface area (Å²) in [4.78, 5) is 26.0. The van der Waals surface area contributed by atoms with Crippen molar-refractivity contribution >= 4 is 11.8 Å². The normalized spacial score (nSPS) is 10.1. The van der Waals surface area contributed by atoms with Gasteiger partial charge in [-0.25, -0.2) is 4.79 Å². The number of hydrogen-bond donors (Lipinski definition) is 2. The molecule has 0 aliphatic heterocycles. The summed E-state index contributed by atoms with van der Waals surface area (Å²) < 4.78 is 5.73. The first kappa shape index (κ1) is 12.2. The Morgan fingerprint density at radius 2 is 2.38 bits per heavy atom. The number of ether oxygens (including phenoxy) is 1. The van der Waals surface area contributed by atoms with E-state index >= 15 is 0 Å². The fraction of sp³-hybridized carbons (Fsp3) is 0.444. The molecule has 88 valence electrons. The minimum absolute atomic E-state index is 0.0346. The van der Waals surface area contributed by atoms with E-state index in [1.807, 2.05) is 0 Å². The Morgan fingerprint density at radius 3 is 2.94 bits per heavy atom. The third-order valence-electron chi connectivity index (χ3n) is 1.88. The molecule has 1 rings (SSSR count). The van der Waals surface area contributed by atoms with E-state index in [-0.39, 0.29) is 25.6 Å². The van der Waals surface area contributed by atoms with Gasteiger partial charge in [0.15, 0.2) is 0 Å². The van der Waals surface area contributed by atoms with Crippen LogP contribution in [0.1, 0.15) is 12.5 Å². The summed E-state index contributed by atoms with van der Waals surface area (Å²) in [5, 5.41) is 8.92. The molecule has 0 unspecified atom stereocenters. The largest absolute Gasteiger partial charge is 0.465 e. The van der Waals surface area contributed by atoms with E-state index in [2.05, 4.69) is 9.72 Å². The standard InChI is InChI=1S/C9H13N3O4/c1-2-16-7(14)4-12-3-6(5-13)8(10)11-9(12)15/h3,13H,2,4-5H2,1H3,(H2,10,11,15). The van der Waals surface area contributed by atoms with Crippen molar-refractivity contribution in [1.82, 2.24) is 9.55 Å². The highest BCUT2D eigenvalue weighted by atomic mass is 16.5. The number of esters is 1. The summed E-state index contributed by atoms with van der Waals surface area (Å²) in [6.07, 6.45) is 1.29. The summed E-state index contributed by atoms with van der Waals surface area (Å²) in [5.74, 6) is -0.576. The lowest BCUT2D eigenvalue weighted by molar-refractivity contribution is -0.143. The van der Waals surface area contributed by atoms with Crippen LogP contribution in [0.3, 0.4) is 0 Å². The van der Waals surface area contributed by atoms with Gasteiger partial charge in [-0.3, -0.25) is 9.36 Å². The fourth-order valence-corrected chi connectivity index (χ4v) is 1.13. The lowest BCUT2D eigenvalue weighted by Crippen LogP contribution is -2.28. The number of aliphatic hydroxyl groups is 1. The molecular weight excluding hydrogens is 214 g/mol. The van der Waals surface area contributed by atoms with E-state index in [0.717, 1.165) is 4.57 Å². The van der Waals surface area contributed by atoms with Crippen molar-refractivity contribution < 1.29 is 14.6 Å². The van der Waals surface area contributed by atoms with Crippen LogP contribution in [0.4, 0.5) is 5.82 Å². The van der Waals surface area contributed by atoms with Crippen molar-refractivity contribution in [1.29, 1.82) is 0 Å². The molecule has 0 radical (unpaired) electrons. The summed E-state index contributed by atoms with van der Waals surface area (Å²) >= 11 is 0. The maximum Gasteiger partial charge on any atom is 0.350 e. The molecule has 0 saturated carbocycles. The predicted octanol–water partition coefficient (Wildman–Crippen LogP) is -1.12. The van der Waals surface area contributed by atoms with Gasteiger partial charge in [0, 0.05) is 11.8 Å². The number of aliphatic hydroxyl groups excluding tert-OH is 1. The number of rotatable bonds is 4. The smallest absolute Gasteiger partial charge is 0.350 e. The summed E-state index contributed by atoms with van der Waals surface area (Å²) in [6, 6.07) is 0. The van der Waals surface area contributed by atoms with Crippen LogP contribution in [0.15, 0.2) is 11.0 Å². The number of nitrogens with zero attached hydrogens (tertiary/aromatic N) is 2. The molecule has 0 bridgehead atoms. The lowest BCUT2D eigenvalue weighted by atomic mass is 10.3. The summed E-state index contributed by atoms with van der Waals surface area (Å²) in [6.45, 7) is 1.32. The van der Waals surface area contributed by atoms with E-state index in [1.54, 1.807) is 6.92 Å². The molecule has 0 atom stereocenters. The molecule has 7 heteroatoms. The van der Waals surface area contributed by atoms with Crippen LogP contribution >= 0.6 is 0 Å². The molecule has 1 aromatic heterocycles. The van der Waals surface area contributed by atoms with Gasteiger partial charge in [0.2, 0.25) is 0 Å². The van der Waals surface area contributed by atoms with E-state index in [4.69, 9.17) is 10.8 Å². The summed E-state index contributed by atoms with van der Waals surface area (Å²) in [7, 11) is 0. The Morgan fingerprint density at radius 1 is 1.69 bits per heavy atom. The van der Waals surface area contributed by atoms with Gasteiger partial charge < -0.3 is 15.6 Å². The van der Waals surface area contributed by atoms with Gasteiger partial charge in [0.1, 0.15) is 12.4 Å². The van der Waals surface area contributed by atoms with Gasteiger partial charge in [-0.15, -0.1) is 0 Å². The molecule has 0 fully saturated rings. The van der Waals surface area contributed by atoms with Crippen molar-refractivity contribution in [3.05, 3.63) is 22.2 Å². The molecule has 1 heterocycles. The van der Waals surface area contributed by atoms with Gasteiger partial charge in [-0.1, -0.05) is 0 Å². The second kappa shape index (κ2) is 5.26. The molecular formula is C9H13N3O4. The monoisotopic (exact) mass is 227 g/mol. The number of nitrogens with two attached hydrogens (primary N) is 1. The molecule has 3 N–H and O–H groups in total. The predicted molar refractivity (Wildman–Crippen MR) is 55.5 cm³/mol. The number of carbonyl (C=O) groups is 1. The third kappa shape index (κ3) is 2.80. The number of hydrogen-bond acceptors (Lipinski definition) is 6. The van der Waals surface area contributed by atoms with Gasteiger partial charge in [-0.05, 0) is 6.92 Å². The zero-order valence-corrected chi connectivity index (χ0v) is 8.84. The Balaban J connectivity index is 2.96. The van der Waals surface area contributed by atoms with E-state index in [0.29, 0.717) is 5.56 Å². The molecule has 0 aliphatic carbocycles. The first-order valence-corrected chi connectivity index (χ1v) is 4.70. The first-order chi connectivity index (χ1) is 7.58. The minimum Gasteiger partial charge on any atom is -0.465 e. The molecule has 0 aromatic carbocycles. The zero-order chi connectivity index (χ0) is 12.1. The number of aromatic nitrogens is 2. The van der Waals surface area contributed by atoms with Crippen LogP contribution in [0.2, 0.25) is 0 Å². The van der Waals surface area contributed by atoms with Crippen LogP contribution in [0.25, 0.3) is 0 Å². The van der Waals surface area contributed by atoms with Crippen molar-refractivity contribution in [3.8, 4) is 0 Å². The van der Waals surface area contributed by atoms with Gasteiger partial charge in [0.05, 0.1) is 13.2 Å². The second-order valence-corrected chi connectivity index (χ2v) is 3.02. The van der Waals surface area contributed by atoms with Crippen LogP contribution in [-0.4, -0.2) is 27.2 Å². The topological polar surface area (TPSA) is 107 Å². The molecule has 16 heavy (non-hydrogen) atoms. The highest BCUT2D eigenvalue weighted by molar-refractivity contribution is 5.69. The zero-order valence-electron chi connectivity index (χ0n) is 8.84. The van der Waals surface area contributed by atoms with E-state index < -0.39 is 11.7 Å². The fourth-order valence-electron chi connectivity index (χ4n) is 1.13. The van der Waals surface area contributed by atoms with Crippen LogP contribution in [-0.2, 0) is 22.7 Å². The first-order valence-electron chi connectivity index (χ1n) is 4.70. The Hall–Kier alpha value is -1.89. The molecule has 0 saturated heterocycles. The summed E-state index contributed by atoms with van der Waals surface area (Å²) in [5.41, 5.74) is 5.03. The number of anilines is 1. The van der Waals surface area contributed by atoms with Crippen LogP contribution in [0, 0.1) is 0 Å². The quantitative estimate of drug-likeness (QED) is 0.631. The molecule has 1 aromatic rings. The highest BCUT2D eigenvalue weighted by Gasteiger charge is 2.09. The molecule has 0 amide bonds. The van der Waals surface area contributed by atoms with Crippen molar-refractivity contribution in [2.24, 2.45) is 0 Å². The SMILES string of the molecule is CCOC(=O)Cn1cc(CO)c(N)nc1=O. The van der Waals surface area contributed by atoms with Crippen molar-refractivity contribution in [2.45, 2.75) is 20.1 Å². The Kier molecular flexibility index (Phi) is 4.01. The Bertz CT molecular complexity index is 441. The highest BCUT2D eigenvalue weighted by Crippen LogP contribution is 2.04. The molecule has 0 spiro atoms. The maximum atomic E-state index is 11.3. The van der Waals surface area contributed by atoms with Crippen molar-refractivity contribution in [2.75, 3.05) is 12.3 Å². The number of nitrogen functional groups attached to an aromatic ring is 1. The third-order valence-corrected chi connectivity index (χ3v) is 1.88. The second-order valence-electron chi connectivity index (χ2n) is 3.02. The van der Waals surface area contributed by atoms with Crippen LogP contribution in [0.5, 0.6) is 0 Å². The Labute approximate surface area is 91.5 Å². The average molecular weight is 227 g/mol. The van der Waals surface area contributed by atoms with Gasteiger partial charge in [-0.2, -0.15) is 4.98 Å².